The Bertz CT molecular complexity index is 67.3. The van der Waals surface area contributed by atoms with Crippen LogP contribution in [0.2, 0.25) is 0 Å². The zero-order chi connectivity index (χ0) is 6.53. The molecule has 0 radical (unpaired) electrons. The predicted molar refractivity (Wildman–Crippen MR) is 39.6 cm³/mol. The Morgan fingerprint density at radius 1 is 1.67 bits per heavy atom. The smallest absolute Gasteiger partial charge is 0.0192 e. The van der Waals surface area contributed by atoms with Gasteiger partial charge in [0.15, 0.2) is 0 Å². The van der Waals surface area contributed by atoms with Gasteiger partial charge in [-0.1, -0.05) is 6.92 Å². The molecule has 2 nitrogen and oxygen atoms in total. The summed E-state index contributed by atoms with van der Waals surface area (Å²) in [5.41, 5.74) is 0. The first-order valence-corrected chi connectivity index (χ1v) is 3.87. The highest BCUT2D eigenvalue weighted by Crippen LogP contribution is 2.02. The van der Waals surface area contributed by atoms with E-state index in [4.69, 9.17) is 0 Å². The monoisotopic (exact) mass is 128 g/mol. The molecular formula is C7H16N2. The molecule has 1 atom stereocenters. The molecule has 2 heteroatoms. The van der Waals surface area contributed by atoms with Crippen LogP contribution in [0.4, 0.5) is 0 Å². The quantitative estimate of drug-likeness (QED) is 0.573. The molecule has 1 aliphatic heterocycles. The summed E-state index contributed by atoms with van der Waals surface area (Å²) in [7, 11) is 0. The summed E-state index contributed by atoms with van der Waals surface area (Å²) in [4.78, 5) is 0. The first kappa shape index (κ1) is 7.03. The molecule has 1 fully saturated rings. The van der Waals surface area contributed by atoms with Gasteiger partial charge in [-0.05, 0) is 25.9 Å². The van der Waals surface area contributed by atoms with Crippen molar-refractivity contribution in [2.75, 3.05) is 19.6 Å². The highest BCUT2D eigenvalue weighted by Gasteiger charge is 2.11. The Morgan fingerprint density at radius 3 is 3.11 bits per heavy atom. The summed E-state index contributed by atoms with van der Waals surface area (Å²) in [6, 6.07) is 0.755. The number of nitrogens with one attached hydrogen (secondary N) is 2. The molecule has 2 N–H and O–H groups in total. The van der Waals surface area contributed by atoms with Crippen molar-refractivity contribution in [3.63, 3.8) is 0 Å². The molecule has 0 aromatic rings. The average molecular weight is 128 g/mol. The summed E-state index contributed by atoms with van der Waals surface area (Å²) in [5, 5.41) is 6.76. The van der Waals surface area contributed by atoms with Gasteiger partial charge < -0.3 is 10.6 Å². The molecular weight excluding hydrogens is 112 g/mol. The molecule has 0 amide bonds. The van der Waals surface area contributed by atoms with Gasteiger partial charge in [0.1, 0.15) is 0 Å². The van der Waals surface area contributed by atoms with Crippen molar-refractivity contribution in [3.05, 3.63) is 0 Å². The van der Waals surface area contributed by atoms with E-state index in [-0.39, 0.29) is 0 Å². The third kappa shape index (κ3) is 2.33. The average Bonchev–Trinajstić information content (AvgIpc) is 2.34. The minimum atomic E-state index is 0.755. The van der Waals surface area contributed by atoms with Crippen molar-refractivity contribution in [2.45, 2.75) is 25.8 Å². The van der Waals surface area contributed by atoms with E-state index in [0.29, 0.717) is 0 Å². The van der Waals surface area contributed by atoms with E-state index in [1.807, 2.05) is 0 Å². The number of hydrogen-bond acceptors (Lipinski definition) is 2. The van der Waals surface area contributed by atoms with Crippen molar-refractivity contribution in [1.82, 2.24) is 10.6 Å². The molecule has 0 aliphatic carbocycles. The van der Waals surface area contributed by atoms with Gasteiger partial charge in [0.25, 0.3) is 0 Å². The molecule has 1 saturated heterocycles. The molecule has 0 saturated carbocycles. The molecule has 0 spiro atoms. The molecule has 1 rings (SSSR count). The van der Waals surface area contributed by atoms with Crippen LogP contribution in [0.5, 0.6) is 0 Å². The van der Waals surface area contributed by atoms with E-state index in [1.165, 1.54) is 19.4 Å². The second kappa shape index (κ2) is 3.85. The zero-order valence-electron chi connectivity index (χ0n) is 6.11. The van der Waals surface area contributed by atoms with Gasteiger partial charge in [0.05, 0.1) is 0 Å². The van der Waals surface area contributed by atoms with Gasteiger partial charge in [0, 0.05) is 12.6 Å². The highest BCUT2D eigenvalue weighted by molar-refractivity contribution is 4.75. The van der Waals surface area contributed by atoms with E-state index in [1.54, 1.807) is 0 Å². The van der Waals surface area contributed by atoms with Crippen LogP contribution in [0.3, 0.4) is 0 Å². The molecule has 1 heterocycles. The van der Waals surface area contributed by atoms with E-state index in [2.05, 4.69) is 17.6 Å². The minimum Gasteiger partial charge on any atom is -0.315 e. The first-order valence-electron chi connectivity index (χ1n) is 3.87. The van der Waals surface area contributed by atoms with Crippen molar-refractivity contribution in [1.29, 1.82) is 0 Å². The molecule has 1 aliphatic rings. The van der Waals surface area contributed by atoms with Crippen LogP contribution in [0.15, 0.2) is 0 Å². The van der Waals surface area contributed by atoms with Gasteiger partial charge in [-0.3, -0.25) is 0 Å². The fraction of sp³-hybridized carbons (Fsp3) is 1.00. The SMILES string of the molecule is CCNCC1CCCN1. The summed E-state index contributed by atoms with van der Waals surface area (Å²) in [6.07, 6.45) is 2.71. The Balaban J connectivity index is 1.98. The third-order valence-electron chi connectivity index (χ3n) is 1.80. The highest BCUT2D eigenvalue weighted by atomic mass is 15.0. The maximum Gasteiger partial charge on any atom is 0.0192 e. The van der Waals surface area contributed by atoms with E-state index in [9.17, 15) is 0 Å². The van der Waals surface area contributed by atoms with E-state index >= 15 is 0 Å². The normalized spacial score (nSPS) is 27.0. The van der Waals surface area contributed by atoms with Crippen molar-refractivity contribution >= 4 is 0 Å². The summed E-state index contributed by atoms with van der Waals surface area (Å²) in [6.45, 7) is 5.61. The molecule has 9 heavy (non-hydrogen) atoms. The summed E-state index contributed by atoms with van der Waals surface area (Å²) >= 11 is 0. The molecule has 0 aromatic carbocycles. The fourth-order valence-corrected chi connectivity index (χ4v) is 1.25. The van der Waals surface area contributed by atoms with Crippen LogP contribution < -0.4 is 10.6 Å². The standard InChI is InChI=1S/C7H16N2/c1-2-8-6-7-4-3-5-9-7/h7-9H,2-6H2,1H3. The predicted octanol–water partition coefficient (Wildman–Crippen LogP) is 0.348. The van der Waals surface area contributed by atoms with Gasteiger partial charge in [-0.15, -0.1) is 0 Å². The minimum absolute atomic E-state index is 0.755. The van der Waals surface area contributed by atoms with Crippen LogP contribution in [-0.2, 0) is 0 Å². The van der Waals surface area contributed by atoms with E-state index < -0.39 is 0 Å². The third-order valence-corrected chi connectivity index (χ3v) is 1.80. The lowest BCUT2D eigenvalue weighted by molar-refractivity contribution is 0.547. The Hall–Kier alpha value is -0.0800. The summed E-state index contributed by atoms with van der Waals surface area (Å²) in [5.74, 6) is 0. The second-order valence-corrected chi connectivity index (χ2v) is 2.60. The van der Waals surface area contributed by atoms with Crippen LogP contribution in [-0.4, -0.2) is 25.7 Å². The second-order valence-electron chi connectivity index (χ2n) is 2.60. The lowest BCUT2D eigenvalue weighted by Crippen LogP contribution is -2.33. The zero-order valence-corrected chi connectivity index (χ0v) is 6.11. The maximum absolute atomic E-state index is 3.43. The Kier molecular flexibility index (Phi) is 3.01. The van der Waals surface area contributed by atoms with Crippen molar-refractivity contribution < 1.29 is 0 Å². The van der Waals surface area contributed by atoms with Crippen molar-refractivity contribution in [2.24, 2.45) is 0 Å². The maximum atomic E-state index is 3.43. The molecule has 1 unspecified atom stereocenters. The lowest BCUT2D eigenvalue weighted by Gasteiger charge is -2.08. The van der Waals surface area contributed by atoms with E-state index in [0.717, 1.165) is 19.1 Å². The van der Waals surface area contributed by atoms with Gasteiger partial charge in [0.2, 0.25) is 0 Å². The summed E-state index contributed by atoms with van der Waals surface area (Å²) < 4.78 is 0. The molecule has 0 bridgehead atoms. The number of likely N-dealkylation sites (N-methyl/N-ethyl adjacent to an activating group) is 1. The molecule has 54 valence electrons. The largest absolute Gasteiger partial charge is 0.315 e. The first-order chi connectivity index (χ1) is 4.43. The van der Waals surface area contributed by atoms with Crippen LogP contribution >= 0.6 is 0 Å². The number of rotatable bonds is 3. The Labute approximate surface area is 57.0 Å². The van der Waals surface area contributed by atoms with Gasteiger partial charge in [-0.2, -0.15) is 0 Å². The van der Waals surface area contributed by atoms with Crippen LogP contribution in [0.1, 0.15) is 19.8 Å². The lowest BCUT2D eigenvalue weighted by atomic mass is 10.2. The van der Waals surface area contributed by atoms with Crippen molar-refractivity contribution in [3.8, 4) is 0 Å². The topological polar surface area (TPSA) is 24.1 Å². The Morgan fingerprint density at radius 2 is 2.56 bits per heavy atom. The van der Waals surface area contributed by atoms with Gasteiger partial charge >= 0.3 is 0 Å². The van der Waals surface area contributed by atoms with Crippen LogP contribution in [0.25, 0.3) is 0 Å². The van der Waals surface area contributed by atoms with Crippen LogP contribution in [0, 0.1) is 0 Å². The number of hydrogen-bond donors (Lipinski definition) is 2. The fourth-order valence-electron chi connectivity index (χ4n) is 1.25. The van der Waals surface area contributed by atoms with Gasteiger partial charge in [-0.25, -0.2) is 0 Å². The molecule has 0 aromatic heterocycles.